The SMILES string of the molecule is Cc1nnc2sc(C3CCN(C(=O)C4CCCC4)CC3)nn12. The number of hydrogen-bond donors (Lipinski definition) is 0. The van der Waals surface area contributed by atoms with Crippen LogP contribution in [0.3, 0.4) is 0 Å². The largest absolute Gasteiger partial charge is 0.342 e. The first-order valence-corrected chi connectivity index (χ1v) is 9.01. The molecule has 2 aromatic heterocycles. The van der Waals surface area contributed by atoms with Crippen LogP contribution in [0.2, 0.25) is 0 Å². The first-order valence-electron chi connectivity index (χ1n) is 8.20. The number of aromatic nitrogens is 4. The third-order valence-electron chi connectivity index (χ3n) is 5.02. The van der Waals surface area contributed by atoms with Crippen LogP contribution < -0.4 is 0 Å². The van der Waals surface area contributed by atoms with Crippen molar-refractivity contribution in [2.24, 2.45) is 5.92 Å². The summed E-state index contributed by atoms with van der Waals surface area (Å²) in [6.07, 6.45) is 6.66. The highest BCUT2D eigenvalue weighted by Crippen LogP contribution is 2.33. The summed E-state index contributed by atoms with van der Waals surface area (Å²) < 4.78 is 1.83. The number of carbonyl (C=O) groups excluding carboxylic acids is 1. The van der Waals surface area contributed by atoms with Gasteiger partial charge in [-0.15, -0.1) is 10.2 Å². The van der Waals surface area contributed by atoms with Crippen molar-refractivity contribution in [1.29, 1.82) is 0 Å². The fraction of sp³-hybridized carbons (Fsp3) is 0.733. The molecule has 0 unspecified atom stereocenters. The van der Waals surface area contributed by atoms with Gasteiger partial charge in [-0.3, -0.25) is 4.79 Å². The molecule has 6 nitrogen and oxygen atoms in total. The molecule has 3 heterocycles. The molecule has 118 valence electrons. The van der Waals surface area contributed by atoms with Gasteiger partial charge >= 0.3 is 0 Å². The summed E-state index contributed by atoms with van der Waals surface area (Å²) in [5, 5.41) is 14.0. The molecule has 0 spiro atoms. The van der Waals surface area contributed by atoms with Crippen LogP contribution in [0.4, 0.5) is 0 Å². The Morgan fingerprint density at radius 2 is 1.86 bits per heavy atom. The van der Waals surface area contributed by atoms with Crippen molar-refractivity contribution in [2.45, 2.75) is 51.4 Å². The van der Waals surface area contributed by atoms with Crippen LogP contribution in [0.1, 0.15) is 55.3 Å². The Hall–Kier alpha value is -1.50. The van der Waals surface area contributed by atoms with Gasteiger partial charge in [-0.1, -0.05) is 24.2 Å². The van der Waals surface area contributed by atoms with Gasteiger partial charge in [-0.2, -0.15) is 9.61 Å². The van der Waals surface area contributed by atoms with Crippen molar-refractivity contribution in [3.05, 3.63) is 10.8 Å². The van der Waals surface area contributed by atoms with E-state index in [1.807, 2.05) is 11.4 Å². The molecular weight excluding hydrogens is 298 g/mol. The third-order valence-corrected chi connectivity index (χ3v) is 6.08. The molecule has 1 aliphatic heterocycles. The molecule has 0 radical (unpaired) electrons. The number of nitrogens with zero attached hydrogens (tertiary/aromatic N) is 5. The average Bonchev–Trinajstić information content (AvgIpc) is 3.26. The molecule has 1 aliphatic carbocycles. The zero-order valence-electron chi connectivity index (χ0n) is 12.9. The minimum Gasteiger partial charge on any atom is -0.342 e. The smallest absolute Gasteiger partial charge is 0.234 e. The Balaban J connectivity index is 1.41. The lowest BCUT2D eigenvalue weighted by Crippen LogP contribution is -2.40. The van der Waals surface area contributed by atoms with E-state index in [-0.39, 0.29) is 0 Å². The first-order chi connectivity index (χ1) is 10.7. The van der Waals surface area contributed by atoms with Crippen LogP contribution in [0.15, 0.2) is 0 Å². The van der Waals surface area contributed by atoms with Crippen molar-refractivity contribution in [3.63, 3.8) is 0 Å². The Kier molecular flexibility index (Phi) is 3.60. The summed E-state index contributed by atoms with van der Waals surface area (Å²) in [5.41, 5.74) is 0. The number of piperidine rings is 1. The minimum absolute atomic E-state index is 0.299. The van der Waals surface area contributed by atoms with E-state index in [2.05, 4.69) is 20.2 Å². The van der Waals surface area contributed by atoms with Crippen LogP contribution in [-0.4, -0.2) is 43.7 Å². The lowest BCUT2D eigenvalue weighted by molar-refractivity contribution is -0.136. The molecule has 2 fully saturated rings. The summed E-state index contributed by atoms with van der Waals surface area (Å²) in [6.45, 7) is 3.67. The second-order valence-electron chi connectivity index (χ2n) is 6.46. The van der Waals surface area contributed by atoms with Crippen LogP contribution in [0.25, 0.3) is 4.96 Å². The third kappa shape index (κ3) is 2.41. The molecule has 1 saturated carbocycles. The zero-order chi connectivity index (χ0) is 15.1. The van der Waals surface area contributed by atoms with Crippen molar-refractivity contribution < 1.29 is 4.79 Å². The van der Waals surface area contributed by atoms with Gasteiger partial charge in [-0.05, 0) is 32.6 Å². The highest BCUT2D eigenvalue weighted by atomic mass is 32.1. The molecule has 4 rings (SSSR count). The number of likely N-dealkylation sites (tertiary alicyclic amines) is 1. The molecular formula is C15H21N5OS. The van der Waals surface area contributed by atoms with Crippen LogP contribution >= 0.6 is 11.3 Å². The Morgan fingerprint density at radius 1 is 1.14 bits per heavy atom. The minimum atomic E-state index is 0.299. The van der Waals surface area contributed by atoms with Gasteiger partial charge in [0, 0.05) is 24.9 Å². The van der Waals surface area contributed by atoms with Crippen molar-refractivity contribution in [3.8, 4) is 0 Å². The molecule has 22 heavy (non-hydrogen) atoms. The fourth-order valence-corrected chi connectivity index (χ4v) is 4.73. The Labute approximate surface area is 133 Å². The quantitative estimate of drug-likeness (QED) is 0.852. The van der Waals surface area contributed by atoms with E-state index < -0.39 is 0 Å². The summed E-state index contributed by atoms with van der Waals surface area (Å²) in [5.74, 6) is 1.99. The van der Waals surface area contributed by atoms with Crippen LogP contribution in [0, 0.1) is 12.8 Å². The van der Waals surface area contributed by atoms with Crippen LogP contribution in [-0.2, 0) is 4.79 Å². The number of aryl methyl sites for hydroxylation is 1. The van der Waals surface area contributed by atoms with E-state index in [0.29, 0.717) is 17.7 Å². The predicted molar refractivity (Wildman–Crippen MR) is 83.9 cm³/mol. The lowest BCUT2D eigenvalue weighted by atomic mass is 9.96. The summed E-state index contributed by atoms with van der Waals surface area (Å²) in [6, 6.07) is 0. The second-order valence-corrected chi connectivity index (χ2v) is 7.45. The summed E-state index contributed by atoms with van der Waals surface area (Å²) >= 11 is 1.63. The van der Waals surface area contributed by atoms with Gasteiger partial charge in [0.2, 0.25) is 10.9 Å². The highest BCUT2D eigenvalue weighted by molar-refractivity contribution is 7.16. The lowest BCUT2D eigenvalue weighted by Gasteiger charge is -2.32. The maximum absolute atomic E-state index is 12.5. The molecule has 1 amide bonds. The second kappa shape index (κ2) is 5.61. The topological polar surface area (TPSA) is 63.4 Å². The fourth-order valence-electron chi connectivity index (χ4n) is 3.67. The van der Waals surface area contributed by atoms with E-state index in [9.17, 15) is 4.79 Å². The average molecular weight is 319 g/mol. The van der Waals surface area contributed by atoms with Crippen molar-refractivity contribution in [2.75, 3.05) is 13.1 Å². The van der Waals surface area contributed by atoms with Gasteiger partial charge in [0.15, 0.2) is 5.82 Å². The molecule has 2 aromatic rings. The monoisotopic (exact) mass is 319 g/mol. The van der Waals surface area contributed by atoms with Crippen LogP contribution in [0.5, 0.6) is 0 Å². The van der Waals surface area contributed by atoms with E-state index >= 15 is 0 Å². The van der Waals surface area contributed by atoms with E-state index in [1.54, 1.807) is 11.3 Å². The van der Waals surface area contributed by atoms with E-state index in [1.165, 1.54) is 12.8 Å². The maximum atomic E-state index is 12.5. The molecule has 0 bridgehead atoms. The Morgan fingerprint density at radius 3 is 2.55 bits per heavy atom. The standard InChI is InChI=1S/C15H21N5OS/c1-10-16-17-15-20(10)18-13(22-15)11-6-8-19(9-7-11)14(21)12-4-2-3-5-12/h11-12H,2-9H2,1H3. The van der Waals surface area contributed by atoms with Gasteiger partial charge in [0.1, 0.15) is 5.01 Å². The molecule has 1 saturated heterocycles. The van der Waals surface area contributed by atoms with Gasteiger partial charge in [-0.25, -0.2) is 0 Å². The summed E-state index contributed by atoms with van der Waals surface area (Å²) in [7, 11) is 0. The van der Waals surface area contributed by atoms with E-state index in [0.717, 1.165) is 54.6 Å². The molecule has 2 aliphatic rings. The first kappa shape index (κ1) is 14.1. The van der Waals surface area contributed by atoms with Gasteiger partial charge in [0.05, 0.1) is 0 Å². The summed E-state index contributed by atoms with van der Waals surface area (Å²) in [4.78, 5) is 15.4. The zero-order valence-corrected chi connectivity index (χ0v) is 13.7. The number of rotatable bonds is 2. The number of amides is 1. The number of fused-ring (bicyclic) bond motifs is 1. The number of hydrogen-bond acceptors (Lipinski definition) is 5. The van der Waals surface area contributed by atoms with Gasteiger partial charge in [0.25, 0.3) is 0 Å². The molecule has 0 aromatic carbocycles. The highest BCUT2D eigenvalue weighted by Gasteiger charge is 2.31. The van der Waals surface area contributed by atoms with Crippen molar-refractivity contribution in [1.82, 2.24) is 24.7 Å². The predicted octanol–water partition coefficient (Wildman–Crippen LogP) is 2.39. The molecule has 0 atom stereocenters. The molecule has 0 N–H and O–H groups in total. The normalized spacial score (nSPS) is 21.0. The van der Waals surface area contributed by atoms with E-state index in [4.69, 9.17) is 0 Å². The van der Waals surface area contributed by atoms with Gasteiger partial charge < -0.3 is 4.90 Å². The number of carbonyl (C=O) groups is 1. The molecule has 7 heteroatoms. The van der Waals surface area contributed by atoms with Crippen molar-refractivity contribution >= 4 is 22.2 Å². The maximum Gasteiger partial charge on any atom is 0.234 e. The Bertz CT molecular complexity index is 679.